The smallest absolute Gasteiger partial charge is 0.340 e. The fraction of sp³-hybridized carbons (Fsp3) is 0.304. The van der Waals surface area contributed by atoms with E-state index < -0.39 is 16.0 Å². The average molecular weight is 490 g/mol. The third kappa shape index (κ3) is 5.47. The number of nitrogens with zero attached hydrogens (tertiary/aromatic N) is 2. The van der Waals surface area contributed by atoms with Crippen LogP contribution in [0, 0.1) is 5.82 Å². The molecule has 174 valence electrons. The summed E-state index contributed by atoms with van der Waals surface area (Å²) in [6, 6.07) is 9.90. The third-order valence-electron chi connectivity index (χ3n) is 5.46. The molecule has 4 rings (SSSR count). The van der Waals surface area contributed by atoms with Crippen molar-refractivity contribution in [2.24, 2.45) is 0 Å². The zero-order valence-corrected chi connectivity index (χ0v) is 19.7. The summed E-state index contributed by atoms with van der Waals surface area (Å²) in [6.45, 7) is 2.00. The van der Waals surface area contributed by atoms with Gasteiger partial charge in [0.1, 0.15) is 10.0 Å². The number of benzene rings is 1. The molecule has 7 nitrogen and oxygen atoms in total. The van der Waals surface area contributed by atoms with Gasteiger partial charge < -0.3 is 4.74 Å². The molecule has 1 aliphatic rings. The molecule has 2 aromatic heterocycles. The number of thiophene rings is 1. The summed E-state index contributed by atoms with van der Waals surface area (Å²) in [5, 5.41) is 0. The predicted octanol–water partition coefficient (Wildman–Crippen LogP) is 3.15. The van der Waals surface area contributed by atoms with E-state index in [0.29, 0.717) is 38.0 Å². The first-order chi connectivity index (χ1) is 15.9. The number of carbonyl (C=O) groups is 1. The van der Waals surface area contributed by atoms with Gasteiger partial charge in [-0.1, -0.05) is 18.2 Å². The highest BCUT2D eigenvalue weighted by molar-refractivity contribution is 7.91. The summed E-state index contributed by atoms with van der Waals surface area (Å²) in [4.78, 5) is 19.7. The van der Waals surface area contributed by atoms with E-state index in [4.69, 9.17) is 4.74 Å². The van der Waals surface area contributed by atoms with Crippen LogP contribution in [0.3, 0.4) is 0 Å². The lowest BCUT2D eigenvalue weighted by Gasteiger charge is -2.26. The number of esters is 1. The van der Waals surface area contributed by atoms with Gasteiger partial charge in [0.25, 0.3) is 10.0 Å². The van der Waals surface area contributed by atoms with Gasteiger partial charge in [-0.2, -0.15) is 0 Å². The summed E-state index contributed by atoms with van der Waals surface area (Å²) in [7, 11) is -2.70. The Balaban J connectivity index is 1.54. The van der Waals surface area contributed by atoms with Gasteiger partial charge >= 0.3 is 5.97 Å². The van der Waals surface area contributed by atoms with Crippen LogP contribution in [0.4, 0.5) is 4.39 Å². The quantitative estimate of drug-likeness (QED) is 0.489. The van der Waals surface area contributed by atoms with Gasteiger partial charge in [-0.05, 0) is 47.7 Å². The number of aromatic nitrogens is 1. The lowest BCUT2D eigenvalue weighted by molar-refractivity contribution is 0.0595. The molecular formula is C23H24FN3O4S2. The number of fused-ring (bicyclic) bond motifs is 1. The van der Waals surface area contributed by atoms with Crippen molar-refractivity contribution in [1.82, 2.24) is 14.6 Å². The molecule has 1 aromatic carbocycles. The summed E-state index contributed by atoms with van der Waals surface area (Å²) >= 11 is 1.11. The third-order valence-corrected chi connectivity index (χ3v) is 8.66. The first kappa shape index (κ1) is 23.5. The van der Waals surface area contributed by atoms with E-state index in [0.717, 1.165) is 27.3 Å². The van der Waals surface area contributed by atoms with Crippen LogP contribution >= 0.6 is 11.3 Å². The second kappa shape index (κ2) is 10.1. The van der Waals surface area contributed by atoms with Crippen LogP contribution < -0.4 is 4.72 Å². The molecule has 0 saturated heterocycles. The normalized spacial score (nSPS) is 14.1. The summed E-state index contributed by atoms with van der Waals surface area (Å²) in [5.74, 6) is -1.02. The number of nitrogens with one attached hydrogen (secondary N) is 1. The molecule has 0 atom stereocenters. The number of halogens is 1. The fourth-order valence-electron chi connectivity index (χ4n) is 3.90. The maximum atomic E-state index is 13.4. The molecule has 0 amide bonds. The molecule has 0 bridgehead atoms. The number of sulfonamides is 1. The van der Waals surface area contributed by atoms with Crippen LogP contribution in [-0.2, 0) is 40.7 Å². The lowest BCUT2D eigenvalue weighted by Crippen LogP contribution is -2.30. The van der Waals surface area contributed by atoms with Crippen LogP contribution in [0.5, 0.6) is 0 Å². The molecule has 3 aromatic rings. The van der Waals surface area contributed by atoms with E-state index in [1.807, 2.05) is 18.3 Å². The number of hydrogen-bond acceptors (Lipinski definition) is 7. The van der Waals surface area contributed by atoms with Crippen molar-refractivity contribution >= 4 is 27.3 Å². The van der Waals surface area contributed by atoms with Crippen molar-refractivity contribution in [3.05, 3.63) is 81.7 Å². The Labute approximate surface area is 196 Å². The highest BCUT2D eigenvalue weighted by Crippen LogP contribution is 2.37. The van der Waals surface area contributed by atoms with Crippen LogP contribution in [-0.4, -0.2) is 44.5 Å². The number of methoxy groups -OCH3 is 1. The second-order valence-electron chi connectivity index (χ2n) is 7.76. The standard InChI is InChI=1S/C23H24FN3O4S2/c1-31-22(28)21-19-8-11-27(14-17-5-3-9-25-13-17)15-20(19)32-23(21)33(29,30)26-10-7-16-4-2-6-18(24)12-16/h2-6,9,12-13,26H,7-8,10-11,14-15H2,1H3. The Morgan fingerprint density at radius 3 is 2.82 bits per heavy atom. The van der Waals surface area contributed by atoms with Crippen molar-refractivity contribution in [2.45, 2.75) is 30.1 Å². The van der Waals surface area contributed by atoms with E-state index in [-0.39, 0.29) is 22.1 Å². The van der Waals surface area contributed by atoms with Crippen molar-refractivity contribution in [3.63, 3.8) is 0 Å². The minimum atomic E-state index is -3.95. The second-order valence-corrected chi connectivity index (χ2v) is 10.8. The van der Waals surface area contributed by atoms with Crippen LogP contribution in [0.2, 0.25) is 0 Å². The summed E-state index contributed by atoms with van der Waals surface area (Å²) < 4.78 is 47.1. The zero-order valence-electron chi connectivity index (χ0n) is 18.1. The van der Waals surface area contributed by atoms with E-state index in [1.165, 1.54) is 19.2 Å². The van der Waals surface area contributed by atoms with E-state index >= 15 is 0 Å². The van der Waals surface area contributed by atoms with Crippen molar-refractivity contribution in [3.8, 4) is 0 Å². The Hall–Kier alpha value is -2.66. The fourth-order valence-corrected chi connectivity index (χ4v) is 6.90. The summed E-state index contributed by atoms with van der Waals surface area (Å²) in [5.41, 5.74) is 2.61. The van der Waals surface area contributed by atoms with Gasteiger partial charge in [0.05, 0.1) is 12.7 Å². The molecule has 10 heteroatoms. The van der Waals surface area contributed by atoms with Crippen LogP contribution in [0.1, 0.15) is 31.9 Å². The van der Waals surface area contributed by atoms with Gasteiger partial charge in [-0.15, -0.1) is 11.3 Å². The highest BCUT2D eigenvalue weighted by atomic mass is 32.2. The zero-order chi connectivity index (χ0) is 23.4. The molecule has 1 N–H and O–H groups in total. The number of ether oxygens (including phenoxy) is 1. The number of rotatable bonds is 8. The monoisotopic (exact) mass is 489 g/mol. The topological polar surface area (TPSA) is 88.6 Å². The molecular weight excluding hydrogens is 465 g/mol. The number of pyridine rings is 1. The SMILES string of the molecule is COC(=O)c1c(S(=O)(=O)NCCc2cccc(F)c2)sc2c1CCN(Cc1cccnc1)C2. The maximum absolute atomic E-state index is 13.4. The van der Waals surface area contributed by atoms with Crippen LogP contribution in [0.25, 0.3) is 0 Å². The molecule has 0 unspecified atom stereocenters. The van der Waals surface area contributed by atoms with E-state index in [1.54, 1.807) is 18.3 Å². The molecule has 0 fully saturated rings. The molecule has 0 radical (unpaired) electrons. The van der Waals surface area contributed by atoms with Crippen LogP contribution in [0.15, 0.2) is 53.0 Å². The molecule has 0 spiro atoms. The number of hydrogen-bond donors (Lipinski definition) is 1. The predicted molar refractivity (Wildman–Crippen MR) is 123 cm³/mol. The van der Waals surface area contributed by atoms with E-state index in [2.05, 4.69) is 14.6 Å². The first-order valence-electron chi connectivity index (χ1n) is 10.5. The van der Waals surface area contributed by atoms with Gasteiger partial charge in [-0.3, -0.25) is 9.88 Å². The molecule has 0 saturated carbocycles. The van der Waals surface area contributed by atoms with Gasteiger partial charge in [0.15, 0.2) is 0 Å². The van der Waals surface area contributed by atoms with Crippen molar-refractivity contribution < 1.29 is 22.3 Å². The highest BCUT2D eigenvalue weighted by Gasteiger charge is 2.33. The summed E-state index contributed by atoms with van der Waals surface area (Å²) in [6.07, 6.45) is 4.41. The lowest BCUT2D eigenvalue weighted by atomic mass is 10.0. The Kier molecular flexibility index (Phi) is 7.18. The van der Waals surface area contributed by atoms with Gasteiger partial charge in [-0.25, -0.2) is 22.3 Å². The molecule has 1 aliphatic heterocycles. The first-order valence-corrected chi connectivity index (χ1v) is 12.8. The molecule has 3 heterocycles. The number of carbonyl (C=O) groups excluding carboxylic acids is 1. The van der Waals surface area contributed by atoms with Crippen molar-refractivity contribution in [1.29, 1.82) is 0 Å². The Bertz CT molecular complexity index is 1250. The minimum Gasteiger partial charge on any atom is -0.465 e. The minimum absolute atomic E-state index is 0.0261. The Morgan fingerprint density at radius 2 is 2.09 bits per heavy atom. The largest absolute Gasteiger partial charge is 0.465 e. The molecule has 0 aliphatic carbocycles. The van der Waals surface area contributed by atoms with E-state index in [9.17, 15) is 17.6 Å². The van der Waals surface area contributed by atoms with Crippen molar-refractivity contribution in [2.75, 3.05) is 20.2 Å². The average Bonchev–Trinajstić information content (AvgIpc) is 3.19. The Morgan fingerprint density at radius 1 is 1.27 bits per heavy atom. The maximum Gasteiger partial charge on any atom is 0.340 e. The van der Waals surface area contributed by atoms with Gasteiger partial charge in [0, 0.05) is 43.4 Å². The molecule has 33 heavy (non-hydrogen) atoms. The van der Waals surface area contributed by atoms with Gasteiger partial charge in [0.2, 0.25) is 0 Å².